The fraction of sp³-hybridized carbons (Fsp3) is 0.357. The van der Waals surface area contributed by atoms with Gasteiger partial charge < -0.3 is 10.1 Å². The number of hydrogen-bond donors (Lipinski definition) is 2. The van der Waals surface area contributed by atoms with E-state index in [4.69, 9.17) is 0 Å². The molecule has 2 heterocycles. The molecule has 4 heteroatoms. The van der Waals surface area contributed by atoms with Crippen LogP contribution < -0.4 is 0 Å². The highest BCUT2D eigenvalue weighted by Gasteiger charge is 2.10. The minimum Gasteiger partial charge on any atom is -0.494 e. The number of para-hydroxylation sites is 1. The van der Waals surface area contributed by atoms with Gasteiger partial charge in [0.2, 0.25) is 0 Å². The first-order chi connectivity index (χ1) is 8.84. The average Bonchev–Trinajstić information content (AvgIpc) is 2.73. The van der Waals surface area contributed by atoms with Crippen LogP contribution >= 0.6 is 0 Å². The van der Waals surface area contributed by atoms with Crippen molar-refractivity contribution in [2.75, 3.05) is 13.1 Å². The third-order valence-electron chi connectivity index (χ3n) is 3.41. The number of fused-ring (bicyclic) bond motifs is 1. The highest BCUT2D eigenvalue weighted by Crippen LogP contribution is 2.25. The van der Waals surface area contributed by atoms with Crippen molar-refractivity contribution in [1.29, 1.82) is 0 Å². The highest BCUT2D eigenvalue weighted by atomic mass is 16.3. The Hall–Kier alpha value is -1.97. The van der Waals surface area contributed by atoms with Crippen molar-refractivity contribution < 1.29 is 5.11 Å². The second-order valence-corrected chi connectivity index (χ2v) is 4.69. The molecule has 1 aromatic carbocycles. The molecule has 18 heavy (non-hydrogen) atoms. The first kappa shape index (κ1) is 11.1. The molecule has 4 nitrogen and oxygen atoms in total. The molecule has 1 aliphatic heterocycles. The van der Waals surface area contributed by atoms with E-state index >= 15 is 0 Å². The number of aromatic amines is 1. The third kappa shape index (κ3) is 2.06. The zero-order valence-corrected chi connectivity index (χ0v) is 10.3. The SMILES string of the molecule is Oc1[nH]c2ccccc2c1/C=N/N1CCCCC1. The average molecular weight is 243 g/mol. The molecular formula is C14H17N3O. The number of benzene rings is 1. The Labute approximate surface area is 106 Å². The van der Waals surface area contributed by atoms with Crippen LogP contribution in [0.2, 0.25) is 0 Å². The van der Waals surface area contributed by atoms with Gasteiger partial charge in [-0.05, 0) is 25.3 Å². The Morgan fingerprint density at radius 2 is 1.94 bits per heavy atom. The third-order valence-corrected chi connectivity index (χ3v) is 3.41. The minimum absolute atomic E-state index is 0.192. The maximum Gasteiger partial charge on any atom is 0.198 e. The van der Waals surface area contributed by atoms with E-state index in [0.717, 1.165) is 29.6 Å². The van der Waals surface area contributed by atoms with Crippen LogP contribution in [-0.4, -0.2) is 34.4 Å². The van der Waals surface area contributed by atoms with Crippen LogP contribution in [0.15, 0.2) is 29.4 Å². The molecule has 0 amide bonds. The maximum atomic E-state index is 9.90. The van der Waals surface area contributed by atoms with Crippen LogP contribution in [0.25, 0.3) is 10.9 Å². The number of hydrazone groups is 1. The van der Waals surface area contributed by atoms with Crippen LogP contribution in [0.5, 0.6) is 5.88 Å². The van der Waals surface area contributed by atoms with Gasteiger partial charge in [-0.25, -0.2) is 0 Å². The predicted octanol–water partition coefficient (Wildman–Crippen LogP) is 2.69. The Morgan fingerprint density at radius 1 is 1.17 bits per heavy atom. The topological polar surface area (TPSA) is 51.6 Å². The summed E-state index contributed by atoms with van der Waals surface area (Å²) in [6.07, 6.45) is 5.47. The van der Waals surface area contributed by atoms with Gasteiger partial charge >= 0.3 is 0 Å². The van der Waals surface area contributed by atoms with Crippen molar-refractivity contribution in [2.24, 2.45) is 5.10 Å². The summed E-state index contributed by atoms with van der Waals surface area (Å²) in [5.41, 5.74) is 1.71. The number of piperidine rings is 1. The van der Waals surface area contributed by atoms with Crippen LogP contribution in [0.1, 0.15) is 24.8 Å². The van der Waals surface area contributed by atoms with E-state index < -0.39 is 0 Å². The molecule has 3 rings (SSSR count). The van der Waals surface area contributed by atoms with Crippen molar-refractivity contribution in [1.82, 2.24) is 9.99 Å². The van der Waals surface area contributed by atoms with Gasteiger partial charge in [0.25, 0.3) is 0 Å². The van der Waals surface area contributed by atoms with E-state index in [2.05, 4.69) is 15.1 Å². The second-order valence-electron chi connectivity index (χ2n) is 4.69. The lowest BCUT2D eigenvalue weighted by Crippen LogP contribution is -2.24. The summed E-state index contributed by atoms with van der Waals surface area (Å²) in [7, 11) is 0. The molecule has 2 N–H and O–H groups in total. The number of nitrogens with one attached hydrogen (secondary N) is 1. The van der Waals surface area contributed by atoms with Crippen LogP contribution in [-0.2, 0) is 0 Å². The molecule has 1 aliphatic rings. The molecule has 2 aromatic rings. The number of nitrogens with zero attached hydrogens (tertiary/aromatic N) is 2. The van der Waals surface area contributed by atoms with Gasteiger partial charge in [0, 0.05) is 24.0 Å². The molecule has 1 fully saturated rings. The summed E-state index contributed by atoms with van der Waals surface area (Å²) in [6, 6.07) is 7.86. The molecule has 0 atom stereocenters. The van der Waals surface area contributed by atoms with Gasteiger partial charge in [-0.2, -0.15) is 5.10 Å². The smallest absolute Gasteiger partial charge is 0.198 e. The largest absolute Gasteiger partial charge is 0.494 e. The summed E-state index contributed by atoms with van der Waals surface area (Å²) < 4.78 is 0. The van der Waals surface area contributed by atoms with Crippen molar-refractivity contribution in [2.45, 2.75) is 19.3 Å². The summed E-state index contributed by atoms with van der Waals surface area (Å²) in [5.74, 6) is 0.192. The highest BCUT2D eigenvalue weighted by molar-refractivity contribution is 6.01. The van der Waals surface area contributed by atoms with Crippen molar-refractivity contribution >= 4 is 17.1 Å². The van der Waals surface area contributed by atoms with E-state index in [1.54, 1.807) is 6.21 Å². The lowest BCUT2D eigenvalue weighted by Gasteiger charge is -2.23. The van der Waals surface area contributed by atoms with Gasteiger partial charge in [-0.15, -0.1) is 0 Å². The quantitative estimate of drug-likeness (QED) is 0.797. The van der Waals surface area contributed by atoms with Gasteiger partial charge in [-0.1, -0.05) is 18.2 Å². The monoisotopic (exact) mass is 243 g/mol. The van der Waals surface area contributed by atoms with Crippen LogP contribution in [0, 0.1) is 0 Å². The fourth-order valence-electron chi connectivity index (χ4n) is 2.41. The fourth-order valence-corrected chi connectivity index (χ4v) is 2.41. The van der Waals surface area contributed by atoms with E-state index in [9.17, 15) is 5.11 Å². The van der Waals surface area contributed by atoms with Gasteiger partial charge in [0.15, 0.2) is 5.88 Å². The maximum absolute atomic E-state index is 9.90. The molecule has 0 spiro atoms. The van der Waals surface area contributed by atoms with Gasteiger partial charge in [0.05, 0.1) is 11.8 Å². The van der Waals surface area contributed by atoms with Crippen molar-refractivity contribution in [3.8, 4) is 5.88 Å². The van der Waals surface area contributed by atoms with Crippen molar-refractivity contribution in [3.63, 3.8) is 0 Å². The summed E-state index contributed by atoms with van der Waals surface area (Å²) in [5, 5.41) is 17.4. The van der Waals surface area contributed by atoms with E-state index in [-0.39, 0.29) is 5.88 Å². The Kier molecular flexibility index (Phi) is 2.92. The summed E-state index contributed by atoms with van der Waals surface area (Å²) in [4.78, 5) is 2.96. The normalized spacial score (nSPS) is 16.8. The standard InChI is InChI=1S/C14H17N3O/c18-14-12(10-15-17-8-4-1-5-9-17)11-6-2-3-7-13(11)16-14/h2-3,6-7,10,16,18H,1,4-5,8-9H2/b15-10+. The molecule has 0 saturated carbocycles. The number of aromatic hydroxyl groups is 1. The van der Waals surface area contributed by atoms with Crippen LogP contribution in [0.4, 0.5) is 0 Å². The van der Waals surface area contributed by atoms with E-state index in [1.165, 1.54) is 19.3 Å². The number of rotatable bonds is 2. The van der Waals surface area contributed by atoms with E-state index in [1.807, 2.05) is 24.3 Å². The molecule has 0 aliphatic carbocycles. The Balaban J connectivity index is 1.89. The van der Waals surface area contributed by atoms with Crippen molar-refractivity contribution in [3.05, 3.63) is 29.8 Å². The molecule has 0 radical (unpaired) electrons. The zero-order valence-electron chi connectivity index (χ0n) is 10.3. The zero-order chi connectivity index (χ0) is 12.4. The predicted molar refractivity (Wildman–Crippen MR) is 73.0 cm³/mol. The Bertz CT molecular complexity index is 567. The molecule has 0 bridgehead atoms. The number of H-pyrrole nitrogens is 1. The number of aromatic nitrogens is 1. The lowest BCUT2D eigenvalue weighted by atomic mass is 10.2. The molecule has 1 aromatic heterocycles. The van der Waals surface area contributed by atoms with E-state index in [0.29, 0.717) is 0 Å². The van der Waals surface area contributed by atoms with Crippen LogP contribution in [0.3, 0.4) is 0 Å². The second kappa shape index (κ2) is 4.72. The van der Waals surface area contributed by atoms with Gasteiger partial charge in [-0.3, -0.25) is 5.01 Å². The first-order valence-corrected chi connectivity index (χ1v) is 6.43. The summed E-state index contributed by atoms with van der Waals surface area (Å²) in [6.45, 7) is 2.03. The molecule has 1 saturated heterocycles. The molecule has 94 valence electrons. The molecule has 0 unspecified atom stereocenters. The molecular weight excluding hydrogens is 226 g/mol. The summed E-state index contributed by atoms with van der Waals surface area (Å²) >= 11 is 0. The number of hydrogen-bond acceptors (Lipinski definition) is 3. The minimum atomic E-state index is 0.192. The first-order valence-electron chi connectivity index (χ1n) is 6.43. The lowest BCUT2D eigenvalue weighted by molar-refractivity contribution is 0.240. The Morgan fingerprint density at radius 3 is 2.78 bits per heavy atom. The van der Waals surface area contributed by atoms with Gasteiger partial charge in [0.1, 0.15) is 0 Å².